The van der Waals surface area contributed by atoms with Gasteiger partial charge in [0.2, 0.25) is 0 Å². The lowest BCUT2D eigenvalue weighted by molar-refractivity contribution is 0.102. The first-order chi connectivity index (χ1) is 11.7. The van der Waals surface area contributed by atoms with Crippen molar-refractivity contribution in [3.8, 4) is 0 Å². The molecule has 0 atom stereocenters. The van der Waals surface area contributed by atoms with Gasteiger partial charge >= 0.3 is 0 Å². The van der Waals surface area contributed by atoms with E-state index in [1.165, 1.54) is 40.5 Å². The van der Waals surface area contributed by atoms with Gasteiger partial charge in [-0.25, -0.2) is 9.37 Å². The summed E-state index contributed by atoms with van der Waals surface area (Å²) >= 11 is 1.24. The number of tetrazole rings is 1. The first-order valence-corrected chi connectivity index (χ1v) is 8.09. The number of ketones is 1. The van der Waals surface area contributed by atoms with Crippen molar-refractivity contribution in [3.63, 3.8) is 0 Å². The third kappa shape index (κ3) is 2.61. The number of para-hydroxylation sites is 1. The van der Waals surface area contributed by atoms with Gasteiger partial charge in [-0.2, -0.15) is 4.52 Å². The van der Waals surface area contributed by atoms with Gasteiger partial charge in [0.15, 0.2) is 16.6 Å². The number of nitrogens with zero attached hydrogens (tertiary/aromatic N) is 5. The second-order valence-corrected chi connectivity index (χ2v) is 5.99. The molecule has 2 aromatic heterocycles. The molecule has 0 saturated carbocycles. The molecule has 2 aromatic carbocycles. The third-order valence-electron chi connectivity index (χ3n) is 3.51. The molecular weight excluding hydrogens is 329 g/mol. The number of rotatable bonds is 4. The van der Waals surface area contributed by atoms with E-state index >= 15 is 0 Å². The topological polar surface area (TPSA) is 73.0 Å². The molecule has 8 heteroatoms. The van der Waals surface area contributed by atoms with Crippen LogP contribution in [0.25, 0.3) is 16.6 Å². The van der Waals surface area contributed by atoms with Gasteiger partial charge in [-0.05, 0) is 46.8 Å². The van der Waals surface area contributed by atoms with Crippen LogP contribution in [-0.4, -0.2) is 36.6 Å². The Bertz CT molecular complexity index is 1050. The normalized spacial score (nSPS) is 11.2. The molecule has 4 rings (SSSR count). The largest absolute Gasteiger partial charge is 0.293 e. The van der Waals surface area contributed by atoms with Crippen LogP contribution in [0.4, 0.5) is 4.39 Å². The minimum atomic E-state index is -0.370. The minimum Gasteiger partial charge on any atom is -0.293 e. The van der Waals surface area contributed by atoms with E-state index < -0.39 is 0 Å². The molecule has 0 saturated heterocycles. The summed E-state index contributed by atoms with van der Waals surface area (Å²) in [6.07, 6.45) is 0. The van der Waals surface area contributed by atoms with E-state index in [1.54, 1.807) is 0 Å². The molecule has 0 aliphatic carbocycles. The number of carbonyl (C=O) groups excluding carboxylic acids is 1. The summed E-state index contributed by atoms with van der Waals surface area (Å²) in [5.74, 6) is -0.326. The lowest BCUT2D eigenvalue weighted by Crippen LogP contribution is -2.05. The second kappa shape index (κ2) is 5.97. The van der Waals surface area contributed by atoms with Gasteiger partial charge < -0.3 is 0 Å². The smallest absolute Gasteiger partial charge is 0.193 e. The van der Waals surface area contributed by atoms with Gasteiger partial charge in [0, 0.05) is 10.9 Å². The predicted molar refractivity (Wildman–Crippen MR) is 87.5 cm³/mol. The van der Waals surface area contributed by atoms with Crippen LogP contribution in [0.2, 0.25) is 0 Å². The highest BCUT2D eigenvalue weighted by atomic mass is 32.2. The van der Waals surface area contributed by atoms with Gasteiger partial charge in [-0.15, -0.1) is 5.10 Å². The fourth-order valence-electron chi connectivity index (χ4n) is 2.34. The molecule has 0 amide bonds. The maximum Gasteiger partial charge on any atom is 0.193 e. The SMILES string of the molecule is O=C(CSc1nc2ccccc2c2nnnn12)c1ccc(F)cc1. The van der Waals surface area contributed by atoms with Gasteiger partial charge in [-0.1, -0.05) is 23.9 Å². The summed E-state index contributed by atoms with van der Waals surface area (Å²) in [7, 11) is 0. The highest BCUT2D eigenvalue weighted by molar-refractivity contribution is 7.99. The van der Waals surface area contributed by atoms with Crippen LogP contribution in [-0.2, 0) is 0 Å². The van der Waals surface area contributed by atoms with Crippen molar-refractivity contribution in [2.45, 2.75) is 5.16 Å². The van der Waals surface area contributed by atoms with Crippen molar-refractivity contribution >= 4 is 34.1 Å². The predicted octanol–water partition coefficient (Wildman–Crippen LogP) is 2.79. The number of thioether (sulfide) groups is 1. The van der Waals surface area contributed by atoms with Gasteiger partial charge in [0.25, 0.3) is 0 Å². The van der Waals surface area contributed by atoms with E-state index in [4.69, 9.17) is 0 Å². The summed E-state index contributed by atoms with van der Waals surface area (Å²) < 4.78 is 14.5. The summed E-state index contributed by atoms with van der Waals surface area (Å²) in [5, 5.41) is 13.0. The molecule has 4 aromatic rings. The van der Waals surface area contributed by atoms with Crippen LogP contribution < -0.4 is 0 Å². The Balaban J connectivity index is 1.65. The highest BCUT2D eigenvalue weighted by Crippen LogP contribution is 2.23. The molecule has 0 unspecified atom stereocenters. The molecule has 0 radical (unpaired) electrons. The van der Waals surface area contributed by atoms with Crippen molar-refractivity contribution in [3.05, 3.63) is 59.9 Å². The van der Waals surface area contributed by atoms with Crippen LogP contribution in [0.3, 0.4) is 0 Å². The molecule has 6 nitrogen and oxygen atoms in total. The van der Waals surface area contributed by atoms with Crippen molar-refractivity contribution in [1.29, 1.82) is 0 Å². The number of aromatic nitrogens is 5. The second-order valence-electron chi connectivity index (χ2n) is 5.04. The Morgan fingerprint density at radius 2 is 1.92 bits per heavy atom. The van der Waals surface area contributed by atoms with Crippen LogP contribution in [0, 0.1) is 5.82 Å². The molecule has 0 aliphatic heterocycles. The summed E-state index contributed by atoms with van der Waals surface area (Å²) in [4.78, 5) is 16.8. The van der Waals surface area contributed by atoms with E-state index in [1.807, 2.05) is 24.3 Å². The highest BCUT2D eigenvalue weighted by Gasteiger charge is 2.14. The number of fused-ring (bicyclic) bond motifs is 3. The number of carbonyl (C=O) groups is 1. The average molecular weight is 339 g/mol. The van der Waals surface area contributed by atoms with E-state index in [0.29, 0.717) is 16.4 Å². The van der Waals surface area contributed by atoms with Gasteiger partial charge in [0.05, 0.1) is 11.3 Å². The maximum absolute atomic E-state index is 12.9. The van der Waals surface area contributed by atoms with Crippen LogP contribution in [0.1, 0.15) is 10.4 Å². The number of hydrogen-bond donors (Lipinski definition) is 0. The number of Topliss-reactive ketones (excluding diaryl/α,β-unsaturated/α-hetero) is 1. The standard InChI is InChI=1S/C16H10FN5OS/c17-11-7-5-10(6-8-11)14(23)9-24-16-18-13-4-2-1-3-12(13)15-19-20-21-22(15)16/h1-8H,9H2. The zero-order valence-electron chi connectivity index (χ0n) is 12.3. The van der Waals surface area contributed by atoms with Crippen molar-refractivity contribution in [2.75, 3.05) is 5.75 Å². The van der Waals surface area contributed by atoms with Crippen molar-refractivity contribution < 1.29 is 9.18 Å². The first-order valence-electron chi connectivity index (χ1n) is 7.11. The quantitative estimate of drug-likeness (QED) is 0.323. The Labute approximate surface area is 139 Å². The fourth-order valence-corrected chi connectivity index (χ4v) is 3.17. The monoisotopic (exact) mass is 339 g/mol. The first kappa shape index (κ1) is 14.7. The summed E-state index contributed by atoms with van der Waals surface area (Å²) in [5.41, 5.74) is 1.81. The fraction of sp³-hybridized carbons (Fsp3) is 0.0625. The van der Waals surface area contributed by atoms with Crippen LogP contribution >= 0.6 is 11.8 Å². The van der Waals surface area contributed by atoms with E-state index in [9.17, 15) is 9.18 Å². The molecule has 118 valence electrons. The third-order valence-corrected chi connectivity index (χ3v) is 4.44. The Morgan fingerprint density at radius 3 is 2.75 bits per heavy atom. The van der Waals surface area contributed by atoms with Crippen molar-refractivity contribution in [1.82, 2.24) is 25.0 Å². The van der Waals surface area contributed by atoms with E-state index in [2.05, 4.69) is 20.5 Å². The maximum atomic E-state index is 12.9. The summed E-state index contributed by atoms with van der Waals surface area (Å²) in [6.45, 7) is 0. The zero-order valence-corrected chi connectivity index (χ0v) is 13.1. The lowest BCUT2D eigenvalue weighted by Gasteiger charge is -2.05. The molecular formula is C16H10FN5OS. The molecule has 0 fully saturated rings. The molecule has 0 spiro atoms. The zero-order chi connectivity index (χ0) is 16.5. The number of halogens is 1. The van der Waals surface area contributed by atoms with E-state index in [-0.39, 0.29) is 17.4 Å². The van der Waals surface area contributed by atoms with Crippen LogP contribution in [0.15, 0.2) is 53.7 Å². The molecule has 2 heterocycles. The number of hydrogen-bond acceptors (Lipinski definition) is 6. The van der Waals surface area contributed by atoms with Crippen molar-refractivity contribution in [2.24, 2.45) is 0 Å². The molecule has 24 heavy (non-hydrogen) atoms. The Kier molecular flexibility index (Phi) is 3.66. The minimum absolute atomic E-state index is 0.115. The Morgan fingerprint density at radius 1 is 1.12 bits per heavy atom. The van der Waals surface area contributed by atoms with Gasteiger partial charge in [0.1, 0.15) is 5.82 Å². The number of benzene rings is 2. The van der Waals surface area contributed by atoms with Crippen LogP contribution in [0.5, 0.6) is 0 Å². The van der Waals surface area contributed by atoms with Gasteiger partial charge in [-0.3, -0.25) is 4.79 Å². The summed E-state index contributed by atoms with van der Waals surface area (Å²) in [6, 6.07) is 13.0. The van der Waals surface area contributed by atoms with E-state index in [0.717, 1.165) is 10.9 Å². The lowest BCUT2D eigenvalue weighted by atomic mass is 10.1. The molecule has 0 bridgehead atoms. The average Bonchev–Trinajstić information content (AvgIpc) is 3.10. The molecule has 0 N–H and O–H groups in total. The molecule has 0 aliphatic rings. The Hall–Kier alpha value is -2.87.